The highest BCUT2D eigenvalue weighted by atomic mass is 16.5. The van der Waals surface area contributed by atoms with Gasteiger partial charge in [0.05, 0.1) is 19.8 Å². The van der Waals surface area contributed by atoms with Gasteiger partial charge in [-0.25, -0.2) is 9.78 Å². The quantitative estimate of drug-likeness (QED) is 0.328. The highest BCUT2D eigenvalue weighted by Crippen LogP contribution is 2.30. The van der Waals surface area contributed by atoms with Crippen molar-refractivity contribution in [2.75, 3.05) is 43.1 Å². The number of fused-ring (bicyclic) bond motifs is 1. The maximum Gasteiger partial charge on any atom is 0.347 e. The topological polar surface area (TPSA) is 106 Å². The first-order valence-electron chi connectivity index (χ1n) is 11.1. The molecule has 5 rings (SSSR count). The summed E-state index contributed by atoms with van der Waals surface area (Å²) in [5.41, 5.74) is 3.01. The zero-order chi connectivity index (χ0) is 23.5. The molecule has 0 atom stereocenters. The van der Waals surface area contributed by atoms with E-state index in [1.165, 1.54) is 0 Å². The van der Waals surface area contributed by atoms with Crippen LogP contribution >= 0.6 is 0 Å². The van der Waals surface area contributed by atoms with E-state index >= 15 is 0 Å². The van der Waals surface area contributed by atoms with Gasteiger partial charge in [-0.15, -0.1) is 0 Å². The lowest BCUT2D eigenvalue weighted by atomic mass is 10.1. The van der Waals surface area contributed by atoms with Gasteiger partial charge < -0.3 is 29.4 Å². The van der Waals surface area contributed by atoms with Crippen LogP contribution in [0.4, 0.5) is 11.4 Å². The molecule has 34 heavy (non-hydrogen) atoms. The van der Waals surface area contributed by atoms with Crippen LogP contribution < -0.4 is 10.2 Å². The molecule has 1 aromatic carbocycles. The van der Waals surface area contributed by atoms with E-state index in [1.54, 1.807) is 25.4 Å². The van der Waals surface area contributed by atoms with Crippen molar-refractivity contribution in [3.8, 4) is 0 Å². The summed E-state index contributed by atoms with van der Waals surface area (Å²) in [6.45, 7) is 4.90. The van der Waals surface area contributed by atoms with Gasteiger partial charge >= 0.3 is 5.97 Å². The molecule has 0 spiro atoms. The SMILES string of the molecule is CCOC(=O)C1=C(Nc2ccc(N3CCOCC3)cc2)O/C(=C\c2c[nH]c3ncccc23)C1=O. The summed E-state index contributed by atoms with van der Waals surface area (Å²) in [4.78, 5) is 35.3. The number of carbonyl (C=O) groups excluding carboxylic acids is 2. The molecule has 174 valence electrons. The van der Waals surface area contributed by atoms with Gasteiger partial charge in [0.25, 0.3) is 0 Å². The van der Waals surface area contributed by atoms with Gasteiger partial charge in [-0.05, 0) is 49.4 Å². The molecule has 2 N–H and O–H groups in total. The van der Waals surface area contributed by atoms with Gasteiger partial charge in [0.15, 0.2) is 11.3 Å². The van der Waals surface area contributed by atoms with Gasteiger partial charge in [0.1, 0.15) is 5.65 Å². The van der Waals surface area contributed by atoms with Crippen LogP contribution in [0.15, 0.2) is 66.0 Å². The Morgan fingerprint density at radius 3 is 2.79 bits per heavy atom. The van der Waals surface area contributed by atoms with E-state index in [2.05, 4.69) is 20.2 Å². The molecular weight excluding hydrogens is 436 g/mol. The van der Waals surface area contributed by atoms with E-state index in [0.717, 1.165) is 29.7 Å². The van der Waals surface area contributed by atoms with Crippen LogP contribution in [0.1, 0.15) is 12.5 Å². The van der Waals surface area contributed by atoms with Gasteiger partial charge in [0.2, 0.25) is 11.7 Å². The summed E-state index contributed by atoms with van der Waals surface area (Å²) >= 11 is 0. The second-order valence-corrected chi connectivity index (χ2v) is 7.78. The number of anilines is 2. The number of hydrogen-bond donors (Lipinski definition) is 2. The number of aromatic amines is 1. The number of H-pyrrole nitrogens is 1. The Morgan fingerprint density at radius 1 is 1.24 bits per heavy atom. The molecular formula is C25H24N4O5. The highest BCUT2D eigenvalue weighted by Gasteiger charge is 2.37. The average molecular weight is 460 g/mol. The van der Waals surface area contributed by atoms with E-state index in [4.69, 9.17) is 14.2 Å². The van der Waals surface area contributed by atoms with E-state index in [-0.39, 0.29) is 23.8 Å². The monoisotopic (exact) mass is 460 g/mol. The number of nitrogens with zero attached hydrogens (tertiary/aromatic N) is 2. The minimum absolute atomic E-state index is 0.0280. The summed E-state index contributed by atoms with van der Waals surface area (Å²) in [7, 11) is 0. The van der Waals surface area contributed by atoms with Crippen molar-refractivity contribution in [2.24, 2.45) is 0 Å². The van der Waals surface area contributed by atoms with Crippen LogP contribution in [0.5, 0.6) is 0 Å². The first-order valence-corrected chi connectivity index (χ1v) is 11.1. The number of ketones is 1. The molecule has 4 heterocycles. The molecule has 1 saturated heterocycles. The third-order valence-corrected chi connectivity index (χ3v) is 5.64. The summed E-state index contributed by atoms with van der Waals surface area (Å²) < 4.78 is 16.4. The van der Waals surface area contributed by atoms with Crippen LogP contribution in [0.25, 0.3) is 17.1 Å². The molecule has 0 aliphatic carbocycles. The van der Waals surface area contributed by atoms with E-state index in [0.29, 0.717) is 24.5 Å². The first-order chi connectivity index (χ1) is 16.6. The van der Waals surface area contributed by atoms with Crippen LogP contribution in [0.2, 0.25) is 0 Å². The normalized spacial score (nSPS) is 17.4. The number of esters is 1. The molecule has 0 bridgehead atoms. The lowest BCUT2D eigenvalue weighted by molar-refractivity contribution is -0.139. The van der Waals surface area contributed by atoms with Crippen LogP contribution in [-0.2, 0) is 23.8 Å². The highest BCUT2D eigenvalue weighted by molar-refractivity contribution is 6.26. The lowest BCUT2D eigenvalue weighted by Gasteiger charge is -2.28. The Kier molecular flexibility index (Phi) is 6.01. The number of morpholine rings is 1. The van der Waals surface area contributed by atoms with Crippen LogP contribution in [0.3, 0.4) is 0 Å². The first kappa shape index (κ1) is 21.7. The minimum Gasteiger partial charge on any atom is -0.462 e. The van der Waals surface area contributed by atoms with Crippen LogP contribution in [0, 0.1) is 0 Å². The van der Waals surface area contributed by atoms with Crippen molar-refractivity contribution < 1.29 is 23.8 Å². The summed E-state index contributed by atoms with van der Waals surface area (Å²) in [5, 5.41) is 3.91. The number of nitrogens with one attached hydrogen (secondary N) is 2. The maximum atomic E-state index is 13.1. The standard InChI is InChI=1S/C25H24N4O5/c1-2-33-25(31)21-22(30)20(14-16-15-27-23-19(16)4-3-9-26-23)34-24(21)28-17-5-7-18(8-6-17)29-10-12-32-13-11-29/h3-9,14-15,28H,2,10-13H2,1H3,(H,26,27)/b20-14-. The molecule has 0 unspecified atom stereocenters. The molecule has 2 aromatic heterocycles. The van der Waals surface area contributed by atoms with Crippen molar-refractivity contribution in [3.05, 3.63) is 71.6 Å². The third kappa shape index (κ3) is 4.25. The molecule has 3 aromatic rings. The number of pyridine rings is 1. The fourth-order valence-corrected chi connectivity index (χ4v) is 3.95. The maximum absolute atomic E-state index is 13.1. The third-order valence-electron chi connectivity index (χ3n) is 5.64. The van der Waals surface area contributed by atoms with E-state index < -0.39 is 11.8 Å². The second-order valence-electron chi connectivity index (χ2n) is 7.78. The molecule has 0 saturated carbocycles. The smallest absolute Gasteiger partial charge is 0.347 e. The number of rotatable bonds is 6. The van der Waals surface area contributed by atoms with Gasteiger partial charge in [-0.1, -0.05) is 0 Å². The fraction of sp³-hybridized carbons (Fsp3) is 0.240. The number of ether oxygens (including phenoxy) is 3. The summed E-state index contributed by atoms with van der Waals surface area (Å²) in [6, 6.07) is 11.4. The van der Waals surface area contributed by atoms with Crippen molar-refractivity contribution >= 4 is 40.2 Å². The van der Waals surface area contributed by atoms with Crippen LogP contribution in [-0.4, -0.2) is 54.6 Å². The number of allylic oxidation sites excluding steroid dienone is 1. The number of benzene rings is 1. The Labute approximate surface area is 196 Å². The zero-order valence-corrected chi connectivity index (χ0v) is 18.7. The lowest BCUT2D eigenvalue weighted by Crippen LogP contribution is -2.36. The Morgan fingerprint density at radius 2 is 2.03 bits per heavy atom. The Hall–Kier alpha value is -4.11. The van der Waals surface area contributed by atoms with Crippen molar-refractivity contribution in [1.82, 2.24) is 9.97 Å². The second kappa shape index (κ2) is 9.40. The molecule has 2 aliphatic rings. The Bertz CT molecular complexity index is 1290. The summed E-state index contributed by atoms with van der Waals surface area (Å²) in [5.74, 6) is -1.19. The number of carbonyl (C=O) groups is 2. The molecule has 9 nitrogen and oxygen atoms in total. The molecule has 1 fully saturated rings. The fourth-order valence-electron chi connectivity index (χ4n) is 3.95. The number of hydrogen-bond acceptors (Lipinski definition) is 8. The van der Waals surface area contributed by atoms with Gasteiger partial charge in [0, 0.05) is 47.8 Å². The molecule has 2 aliphatic heterocycles. The minimum atomic E-state index is -0.732. The van der Waals surface area contributed by atoms with Gasteiger partial charge in [-0.2, -0.15) is 0 Å². The number of Topliss-reactive ketones (excluding diaryl/α,β-unsaturated/α-hetero) is 1. The molecule has 9 heteroatoms. The van der Waals surface area contributed by atoms with E-state index in [1.807, 2.05) is 36.4 Å². The molecule has 0 radical (unpaired) electrons. The predicted molar refractivity (Wildman–Crippen MR) is 127 cm³/mol. The van der Waals surface area contributed by atoms with Crippen molar-refractivity contribution in [1.29, 1.82) is 0 Å². The Balaban J connectivity index is 1.41. The zero-order valence-electron chi connectivity index (χ0n) is 18.7. The van der Waals surface area contributed by atoms with Crippen molar-refractivity contribution in [3.63, 3.8) is 0 Å². The number of aromatic nitrogens is 2. The largest absolute Gasteiger partial charge is 0.462 e. The molecule has 0 amide bonds. The van der Waals surface area contributed by atoms with Gasteiger partial charge in [-0.3, -0.25) is 4.79 Å². The predicted octanol–water partition coefficient (Wildman–Crippen LogP) is 3.23. The van der Waals surface area contributed by atoms with Crippen molar-refractivity contribution in [2.45, 2.75) is 6.92 Å². The van der Waals surface area contributed by atoms with E-state index in [9.17, 15) is 9.59 Å². The average Bonchev–Trinajstić information content (AvgIpc) is 3.41. The summed E-state index contributed by atoms with van der Waals surface area (Å²) in [6.07, 6.45) is 5.01.